The standard InChI is InChI=1S/C26H21N2O.C23H24N.Ir/c1-15-8-10-19(16(2)12-15)23-13-24(27-14-17(23)3)22-7-5-6-20-21-11-9-18(4)28-26(21)29-25(20)22;1-17-10-12-20(14-21(17)19-8-6-5-7-9-19)22-13-11-18(16-24-22)15-23(2,3)4;/h5-6,8-14H,1-4H3;5-11,13-14,16H,15H2,1-4H3;/q2*-1;/i2D3,3D3,4D3;1D3,15D2;. The van der Waals surface area contributed by atoms with Crippen LogP contribution in [0, 0.1) is 51.9 Å². The van der Waals surface area contributed by atoms with Gasteiger partial charge in [0.25, 0.3) is 0 Å². The molecule has 0 fully saturated rings. The van der Waals surface area contributed by atoms with Gasteiger partial charge in [-0.1, -0.05) is 116 Å². The minimum atomic E-state index is -2.55. The molecule has 273 valence electrons. The summed E-state index contributed by atoms with van der Waals surface area (Å²) in [7, 11) is 0. The SMILES string of the molecule is [2H]C([2H])([2H])c1c[c-]c(-c2ccc(C([2H])([2H])C(C)(C)C)cn2)cc1-c1ccccc1.[2H]C([2H])([2H])c1ccc2c(n1)oc1c(-c3cc(-c4ccc(C)cc4C([2H])([2H])[2H])c(C([2H])([2H])[2H])cn3)[c-]ccc12.[Ir]. The summed E-state index contributed by atoms with van der Waals surface area (Å²) in [6.07, 6.45) is 1.25. The number of nitrogens with zero attached hydrogens (tertiary/aromatic N) is 3. The molecule has 8 aromatic rings. The van der Waals surface area contributed by atoms with Crippen molar-refractivity contribution in [1.29, 1.82) is 0 Å². The van der Waals surface area contributed by atoms with Crippen molar-refractivity contribution in [3.63, 3.8) is 0 Å². The first-order chi connectivity index (χ1) is 31.1. The molecule has 0 amide bonds. The van der Waals surface area contributed by atoms with Crippen molar-refractivity contribution in [2.45, 2.75) is 61.5 Å². The van der Waals surface area contributed by atoms with Crippen molar-refractivity contribution in [3.8, 4) is 44.8 Å². The zero-order chi connectivity index (χ0) is 49.1. The average molecular weight is 898 g/mol. The Morgan fingerprint density at radius 2 is 1.54 bits per heavy atom. The van der Waals surface area contributed by atoms with Crippen LogP contribution in [0.25, 0.3) is 66.8 Å². The molecule has 5 heteroatoms. The molecule has 0 saturated heterocycles. The van der Waals surface area contributed by atoms with Crippen LogP contribution in [0.1, 0.15) is 73.5 Å². The van der Waals surface area contributed by atoms with Crippen LogP contribution in [0.2, 0.25) is 0 Å². The topological polar surface area (TPSA) is 51.8 Å². The maximum atomic E-state index is 8.39. The fourth-order valence-corrected chi connectivity index (χ4v) is 6.08. The maximum absolute atomic E-state index is 8.39. The molecule has 0 saturated carbocycles. The van der Waals surface area contributed by atoms with E-state index >= 15 is 0 Å². The predicted octanol–water partition coefficient (Wildman–Crippen LogP) is 12.9. The van der Waals surface area contributed by atoms with Crippen LogP contribution in [0.3, 0.4) is 0 Å². The van der Waals surface area contributed by atoms with E-state index in [9.17, 15) is 0 Å². The third kappa shape index (κ3) is 8.44. The molecule has 8 rings (SSSR count). The molecular weight excluding hydrogens is 839 g/mol. The summed E-state index contributed by atoms with van der Waals surface area (Å²) in [5.74, 6) is 0. The Hall–Kier alpha value is -5.22. The van der Waals surface area contributed by atoms with Gasteiger partial charge < -0.3 is 14.4 Å². The number of hydrogen-bond donors (Lipinski definition) is 0. The molecule has 4 nitrogen and oxygen atoms in total. The van der Waals surface area contributed by atoms with E-state index in [4.69, 9.17) is 23.6 Å². The van der Waals surface area contributed by atoms with Crippen molar-refractivity contribution in [2.75, 3.05) is 0 Å². The number of pyridine rings is 3. The van der Waals surface area contributed by atoms with E-state index in [1.807, 2.05) is 51.1 Å². The van der Waals surface area contributed by atoms with Crippen LogP contribution in [0.5, 0.6) is 0 Å². The Kier molecular flexibility index (Phi) is 7.19. The molecule has 0 aliphatic carbocycles. The Morgan fingerprint density at radius 1 is 0.722 bits per heavy atom. The molecule has 0 aliphatic rings. The number of aromatic nitrogens is 3. The Bertz CT molecular complexity index is 3100. The van der Waals surface area contributed by atoms with Crippen LogP contribution in [-0.2, 0) is 26.5 Å². The van der Waals surface area contributed by atoms with Gasteiger partial charge in [0.05, 0.1) is 5.58 Å². The molecule has 1 radical (unpaired) electrons. The van der Waals surface area contributed by atoms with Gasteiger partial charge in [-0.25, -0.2) is 4.98 Å². The van der Waals surface area contributed by atoms with Gasteiger partial charge in [0.1, 0.15) is 0 Å². The second kappa shape index (κ2) is 16.0. The summed E-state index contributed by atoms with van der Waals surface area (Å²) < 4.78 is 118. The molecule has 0 aliphatic heterocycles. The number of furan rings is 1. The van der Waals surface area contributed by atoms with E-state index in [-0.39, 0.29) is 59.3 Å². The third-order valence-electron chi connectivity index (χ3n) is 8.52. The molecule has 4 heterocycles. The third-order valence-corrected chi connectivity index (χ3v) is 8.52. The Balaban J connectivity index is 0.000000229. The van der Waals surface area contributed by atoms with Gasteiger partial charge in [0.15, 0.2) is 0 Å². The Morgan fingerprint density at radius 3 is 2.28 bits per heavy atom. The van der Waals surface area contributed by atoms with Crippen molar-refractivity contribution >= 4 is 22.1 Å². The summed E-state index contributed by atoms with van der Waals surface area (Å²) in [5, 5.41) is 1.26. The van der Waals surface area contributed by atoms with Crippen LogP contribution in [0.15, 0.2) is 120 Å². The van der Waals surface area contributed by atoms with E-state index in [1.165, 1.54) is 30.5 Å². The summed E-state index contributed by atoms with van der Waals surface area (Å²) in [4.78, 5) is 13.0. The number of aryl methyl sites for hydroxylation is 5. The van der Waals surface area contributed by atoms with Gasteiger partial charge in [-0.05, 0) is 96.2 Å². The quantitative estimate of drug-likeness (QED) is 0.162. The molecule has 54 heavy (non-hydrogen) atoms. The fourth-order valence-electron chi connectivity index (χ4n) is 6.08. The van der Waals surface area contributed by atoms with E-state index in [2.05, 4.69) is 27.1 Å². The number of rotatable bonds is 5. The largest absolute Gasteiger partial charge is 0.486 e. The van der Waals surface area contributed by atoms with E-state index < -0.39 is 39.2 Å². The van der Waals surface area contributed by atoms with E-state index in [1.54, 1.807) is 61.7 Å². The fraction of sp³-hybridized carbons (Fsp3) is 0.204. The minimum Gasteiger partial charge on any atom is -0.486 e. The molecule has 4 aromatic heterocycles. The first-order valence-corrected chi connectivity index (χ1v) is 17.0. The summed E-state index contributed by atoms with van der Waals surface area (Å²) in [6.45, 7) is -2.35. The summed E-state index contributed by atoms with van der Waals surface area (Å²) in [6, 6.07) is 35.2. The second-order valence-corrected chi connectivity index (χ2v) is 13.8. The molecule has 0 atom stereocenters. The summed E-state index contributed by atoms with van der Waals surface area (Å²) >= 11 is 0. The van der Waals surface area contributed by atoms with Crippen LogP contribution >= 0.6 is 0 Å². The zero-order valence-corrected chi connectivity index (χ0v) is 32.4. The van der Waals surface area contributed by atoms with Gasteiger partial charge in [0, 0.05) is 62.8 Å². The van der Waals surface area contributed by atoms with Crippen molar-refractivity contribution in [2.24, 2.45) is 5.41 Å². The molecule has 0 N–H and O–H groups in total. The monoisotopic (exact) mass is 898 g/mol. The van der Waals surface area contributed by atoms with E-state index in [0.717, 1.165) is 11.1 Å². The Labute approximate surface area is 352 Å². The first-order valence-electron chi connectivity index (χ1n) is 24.0. The van der Waals surface area contributed by atoms with Gasteiger partial charge in [-0.15, -0.1) is 47.5 Å². The predicted molar refractivity (Wildman–Crippen MR) is 220 cm³/mol. The summed E-state index contributed by atoms with van der Waals surface area (Å²) in [5.41, 5.74) is 5.16. The van der Waals surface area contributed by atoms with Gasteiger partial charge in [-0.2, -0.15) is 0 Å². The smallest absolute Gasteiger partial charge is 0.216 e. The molecule has 0 bridgehead atoms. The number of hydrogen-bond acceptors (Lipinski definition) is 4. The number of benzene rings is 4. The molecule has 0 spiro atoms. The molecule has 4 aromatic carbocycles. The first kappa shape index (κ1) is 24.2. The van der Waals surface area contributed by atoms with Crippen molar-refractivity contribution in [3.05, 3.63) is 161 Å². The average Bonchev–Trinajstić information content (AvgIpc) is 3.63. The maximum Gasteiger partial charge on any atom is 0.216 e. The van der Waals surface area contributed by atoms with Gasteiger partial charge >= 0.3 is 0 Å². The molecule has 0 unspecified atom stereocenters. The minimum absolute atomic E-state index is 0. The second-order valence-electron chi connectivity index (χ2n) is 13.8. The van der Waals surface area contributed by atoms with Crippen molar-refractivity contribution in [1.82, 2.24) is 15.0 Å². The van der Waals surface area contributed by atoms with E-state index in [0.29, 0.717) is 50.0 Å². The zero-order valence-electron chi connectivity index (χ0n) is 44.1. The normalized spacial score (nSPS) is 16.3. The van der Waals surface area contributed by atoms with Gasteiger partial charge in [-0.3, -0.25) is 0 Å². The van der Waals surface area contributed by atoms with Crippen LogP contribution in [0.4, 0.5) is 0 Å². The van der Waals surface area contributed by atoms with Crippen LogP contribution < -0.4 is 0 Å². The number of fused-ring (bicyclic) bond motifs is 3. The van der Waals surface area contributed by atoms with Crippen LogP contribution in [-0.4, -0.2) is 15.0 Å². The van der Waals surface area contributed by atoms with Crippen molar-refractivity contribution < 1.29 is 43.7 Å². The van der Waals surface area contributed by atoms with Gasteiger partial charge in [0.2, 0.25) is 5.71 Å². The molecular formula is C49H45IrN3O-2.